The molecule has 0 aromatic heterocycles. The van der Waals surface area contributed by atoms with Crippen LogP contribution in [0.15, 0.2) is 24.3 Å². The molecule has 0 bridgehead atoms. The Kier molecular flexibility index (Phi) is 5.77. The van der Waals surface area contributed by atoms with Crippen LogP contribution in [-0.2, 0) is 4.79 Å². The average molecular weight is 292 g/mol. The Hall–Kier alpha value is -0.930. The average Bonchev–Trinajstić information content (AvgIpc) is 2.89. The summed E-state index contributed by atoms with van der Waals surface area (Å²) in [5.74, 6) is 0.376. The van der Waals surface area contributed by atoms with E-state index in [0.717, 1.165) is 31.3 Å². The third-order valence-electron chi connectivity index (χ3n) is 5.03. The molecule has 3 nitrogen and oxygen atoms in total. The van der Waals surface area contributed by atoms with Crippen molar-refractivity contribution in [3.8, 4) is 0 Å². The van der Waals surface area contributed by atoms with Gasteiger partial charge in [0, 0.05) is 11.8 Å². The van der Waals surface area contributed by atoms with Crippen LogP contribution in [0.1, 0.15) is 51.9 Å². The molecule has 2 fully saturated rings. The first kappa shape index (κ1) is 16.4. The van der Waals surface area contributed by atoms with E-state index >= 15 is 0 Å². The topological polar surface area (TPSA) is 57.5 Å². The second-order valence-electron chi connectivity index (χ2n) is 6.64. The summed E-state index contributed by atoms with van der Waals surface area (Å²) in [6.07, 6.45) is 9.44. The van der Waals surface area contributed by atoms with Gasteiger partial charge in [0.15, 0.2) is 5.78 Å². The number of carbonyl (C=O) groups is 1. The molecular formula is C18H28O3. The highest BCUT2D eigenvalue weighted by atomic mass is 16.3. The van der Waals surface area contributed by atoms with Gasteiger partial charge in [-0.1, -0.05) is 44.9 Å². The SMILES string of the molecule is C=C1C[C@H]2[C@H](C=CCC(O)CCCCC)[C@H](O)C[C@@H]2C1=O. The van der Waals surface area contributed by atoms with Crippen LogP contribution >= 0.6 is 0 Å². The van der Waals surface area contributed by atoms with Gasteiger partial charge in [0.05, 0.1) is 12.2 Å². The molecule has 21 heavy (non-hydrogen) atoms. The summed E-state index contributed by atoms with van der Waals surface area (Å²) in [6, 6.07) is 0. The number of Topliss-reactive ketones (excluding diaryl/α,β-unsaturated/α-hetero) is 1. The molecule has 1 unspecified atom stereocenters. The number of carbonyl (C=O) groups excluding carboxylic acids is 1. The minimum Gasteiger partial charge on any atom is -0.393 e. The quantitative estimate of drug-likeness (QED) is 0.431. The standard InChI is InChI=1S/C18H28O3/c1-3-4-5-7-13(19)8-6-9-14-15-10-12(2)18(21)16(15)11-17(14)20/h6,9,13-17,19-20H,2-5,7-8,10-11H2,1H3/t13?,14-,15-,16-,17+/m0/s1. The van der Waals surface area contributed by atoms with Crippen molar-refractivity contribution in [2.75, 3.05) is 0 Å². The van der Waals surface area contributed by atoms with Crippen molar-refractivity contribution in [2.45, 2.75) is 64.1 Å². The zero-order chi connectivity index (χ0) is 15.4. The van der Waals surface area contributed by atoms with E-state index < -0.39 is 6.10 Å². The van der Waals surface area contributed by atoms with Crippen LogP contribution in [0, 0.1) is 17.8 Å². The molecule has 0 amide bonds. The van der Waals surface area contributed by atoms with Crippen LogP contribution in [0.4, 0.5) is 0 Å². The van der Waals surface area contributed by atoms with E-state index in [-0.39, 0.29) is 29.6 Å². The summed E-state index contributed by atoms with van der Waals surface area (Å²) >= 11 is 0. The van der Waals surface area contributed by atoms with E-state index in [1.54, 1.807) is 0 Å². The number of fused-ring (bicyclic) bond motifs is 1. The van der Waals surface area contributed by atoms with Crippen molar-refractivity contribution >= 4 is 5.78 Å². The van der Waals surface area contributed by atoms with Crippen molar-refractivity contribution in [3.63, 3.8) is 0 Å². The maximum Gasteiger partial charge on any atom is 0.161 e. The van der Waals surface area contributed by atoms with Crippen molar-refractivity contribution in [1.29, 1.82) is 0 Å². The van der Waals surface area contributed by atoms with Crippen LogP contribution in [0.25, 0.3) is 0 Å². The number of aliphatic hydroxyl groups excluding tert-OH is 2. The van der Waals surface area contributed by atoms with Crippen LogP contribution < -0.4 is 0 Å². The predicted octanol–water partition coefficient (Wildman–Crippen LogP) is 3.02. The molecule has 0 aromatic rings. The monoisotopic (exact) mass is 292 g/mol. The van der Waals surface area contributed by atoms with Gasteiger partial charge in [0.25, 0.3) is 0 Å². The van der Waals surface area contributed by atoms with Gasteiger partial charge in [-0.3, -0.25) is 4.79 Å². The van der Waals surface area contributed by atoms with Crippen LogP contribution in [0.2, 0.25) is 0 Å². The minimum atomic E-state index is -0.425. The number of rotatable bonds is 7. The Morgan fingerprint density at radius 3 is 2.90 bits per heavy atom. The largest absolute Gasteiger partial charge is 0.393 e. The molecular weight excluding hydrogens is 264 g/mol. The molecule has 118 valence electrons. The molecule has 2 aliphatic carbocycles. The first-order valence-corrected chi connectivity index (χ1v) is 8.29. The molecule has 3 heteroatoms. The molecule has 5 atom stereocenters. The highest BCUT2D eigenvalue weighted by molar-refractivity contribution is 5.99. The fourth-order valence-electron chi connectivity index (χ4n) is 3.78. The van der Waals surface area contributed by atoms with Gasteiger partial charge >= 0.3 is 0 Å². The zero-order valence-electron chi connectivity index (χ0n) is 13.0. The highest BCUT2D eigenvalue weighted by Crippen LogP contribution is 2.48. The second kappa shape index (κ2) is 7.37. The van der Waals surface area contributed by atoms with Gasteiger partial charge in [0.2, 0.25) is 0 Å². The number of hydrogen-bond acceptors (Lipinski definition) is 3. The molecule has 0 radical (unpaired) electrons. The lowest BCUT2D eigenvalue weighted by molar-refractivity contribution is -0.118. The first-order chi connectivity index (χ1) is 10.0. The van der Waals surface area contributed by atoms with Gasteiger partial charge in [-0.05, 0) is 37.2 Å². The lowest BCUT2D eigenvalue weighted by Gasteiger charge is -2.16. The maximum atomic E-state index is 11.9. The lowest BCUT2D eigenvalue weighted by Crippen LogP contribution is -2.16. The van der Waals surface area contributed by atoms with E-state index in [1.165, 1.54) is 0 Å². The summed E-state index contributed by atoms with van der Waals surface area (Å²) in [7, 11) is 0. The fraction of sp³-hybridized carbons (Fsp3) is 0.722. The summed E-state index contributed by atoms with van der Waals surface area (Å²) in [5.41, 5.74) is 0.718. The van der Waals surface area contributed by atoms with Gasteiger partial charge in [-0.25, -0.2) is 0 Å². The molecule has 2 saturated carbocycles. The summed E-state index contributed by atoms with van der Waals surface area (Å²) < 4.78 is 0. The Morgan fingerprint density at radius 1 is 1.43 bits per heavy atom. The Balaban J connectivity index is 1.83. The third-order valence-corrected chi connectivity index (χ3v) is 5.03. The van der Waals surface area contributed by atoms with E-state index in [4.69, 9.17) is 0 Å². The molecule has 0 aliphatic heterocycles. The number of ketones is 1. The van der Waals surface area contributed by atoms with E-state index in [9.17, 15) is 15.0 Å². The molecule has 0 heterocycles. The van der Waals surface area contributed by atoms with Crippen molar-refractivity contribution < 1.29 is 15.0 Å². The van der Waals surface area contributed by atoms with Gasteiger partial charge < -0.3 is 10.2 Å². The van der Waals surface area contributed by atoms with Gasteiger partial charge in [-0.15, -0.1) is 0 Å². The molecule has 0 saturated heterocycles. The maximum absolute atomic E-state index is 11.9. The lowest BCUT2D eigenvalue weighted by atomic mass is 9.90. The smallest absolute Gasteiger partial charge is 0.161 e. The van der Waals surface area contributed by atoms with Gasteiger partial charge in [0.1, 0.15) is 0 Å². The highest BCUT2D eigenvalue weighted by Gasteiger charge is 2.49. The summed E-state index contributed by atoms with van der Waals surface area (Å²) in [4.78, 5) is 11.9. The molecule has 2 aliphatic rings. The van der Waals surface area contributed by atoms with Crippen molar-refractivity contribution in [1.82, 2.24) is 0 Å². The van der Waals surface area contributed by atoms with Crippen molar-refractivity contribution in [3.05, 3.63) is 24.3 Å². The zero-order valence-corrected chi connectivity index (χ0v) is 13.0. The van der Waals surface area contributed by atoms with Crippen LogP contribution in [-0.4, -0.2) is 28.2 Å². The van der Waals surface area contributed by atoms with Gasteiger partial charge in [-0.2, -0.15) is 0 Å². The number of aliphatic hydroxyl groups is 2. The minimum absolute atomic E-state index is 0.0309. The number of unbranched alkanes of at least 4 members (excludes halogenated alkanes) is 2. The van der Waals surface area contributed by atoms with Crippen LogP contribution in [0.3, 0.4) is 0 Å². The van der Waals surface area contributed by atoms with Crippen LogP contribution in [0.5, 0.6) is 0 Å². The first-order valence-electron chi connectivity index (χ1n) is 8.29. The molecule has 2 N–H and O–H groups in total. The number of hydrogen-bond donors (Lipinski definition) is 2. The number of allylic oxidation sites excluding steroid dienone is 1. The van der Waals surface area contributed by atoms with E-state index in [1.807, 2.05) is 12.2 Å². The predicted molar refractivity (Wildman–Crippen MR) is 83.8 cm³/mol. The Labute approximate surface area is 127 Å². The summed E-state index contributed by atoms with van der Waals surface area (Å²) in [5, 5.41) is 20.0. The third kappa shape index (κ3) is 3.83. The van der Waals surface area contributed by atoms with Crippen molar-refractivity contribution in [2.24, 2.45) is 17.8 Å². The Morgan fingerprint density at radius 2 is 2.19 bits per heavy atom. The molecule has 0 spiro atoms. The second-order valence-corrected chi connectivity index (χ2v) is 6.64. The fourth-order valence-corrected chi connectivity index (χ4v) is 3.78. The summed E-state index contributed by atoms with van der Waals surface area (Å²) in [6.45, 7) is 5.99. The normalized spacial score (nSPS) is 33.9. The molecule has 2 rings (SSSR count). The van der Waals surface area contributed by atoms with E-state index in [0.29, 0.717) is 19.3 Å². The van der Waals surface area contributed by atoms with E-state index in [2.05, 4.69) is 13.5 Å². The Bertz CT molecular complexity index is 413. The molecule has 0 aromatic carbocycles.